The number of hydrogen-bond donors (Lipinski definition) is 3. The molecule has 0 heterocycles. The van der Waals surface area contributed by atoms with E-state index in [1.807, 2.05) is 19.1 Å². The largest absolute Gasteiger partial charge is 0.354 e. The Kier molecular flexibility index (Phi) is 5.86. The van der Waals surface area contributed by atoms with E-state index in [0.717, 1.165) is 18.4 Å². The van der Waals surface area contributed by atoms with Crippen molar-refractivity contribution in [3.05, 3.63) is 65.2 Å². The van der Waals surface area contributed by atoms with Crippen LogP contribution in [0.1, 0.15) is 39.1 Å². The van der Waals surface area contributed by atoms with Crippen LogP contribution in [0.5, 0.6) is 0 Å². The third kappa shape index (κ3) is 5.41. The van der Waals surface area contributed by atoms with E-state index in [4.69, 9.17) is 0 Å². The fraction of sp³-hybridized carbons (Fsp3) is 0.286. The first-order valence-electron chi connectivity index (χ1n) is 9.07. The number of benzene rings is 2. The minimum atomic E-state index is -0.216. The summed E-state index contributed by atoms with van der Waals surface area (Å²) in [7, 11) is 0. The lowest BCUT2D eigenvalue weighted by atomic mass is 10.1. The normalized spacial score (nSPS) is 12.9. The van der Waals surface area contributed by atoms with E-state index in [1.54, 1.807) is 36.4 Å². The number of carbonyl (C=O) groups is 3. The Bertz CT molecular complexity index is 825. The summed E-state index contributed by atoms with van der Waals surface area (Å²) in [5.41, 5.74) is 2.79. The number of nitrogens with one attached hydrogen (secondary N) is 3. The molecule has 1 saturated carbocycles. The molecule has 2 aromatic carbocycles. The fourth-order valence-corrected chi connectivity index (χ4v) is 2.57. The summed E-state index contributed by atoms with van der Waals surface area (Å²) < 4.78 is 0. The van der Waals surface area contributed by atoms with Crippen molar-refractivity contribution in [1.29, 1.82) is 0 Å². The van der Waals surface area contributed by atoms with Crippen LogP contribution < -0.4 is 16.0 Å². The van der Waals surface area contributed by atoms with Crippen LogP contribution in [0.15, 0.2) is 48.5 Å². The van der Waals surface area contributed by atoms with Gasteiger partial charge in [0.05, 0.1) is 0 Å². The molecular weight excluding hydrogens is 342 g/mol. The first-order chi connectivity index (χ1) is 13.0. The van der Waals surface area contributed by atoms with Crippen molar-refractivity contribution in [2.24, 2.45) is 5.92 Å². The number of hydrogen-bond acceptors (Lipinski definition) is 3. The summed E-state index contributed by atoms with van der Waals surface area (Å²) in [4.78, 5) is 35.8. The van der Waals surface area contributed by atoms with Crippen molar-refractivity contribution in [1.82, 2.24) is 10.6 Å². The van der Waals surface area contributed by atoms with E-state index in [9.17, 15) is 14.4 Å². The monoisotopic (exact) mass is 365 g/mol. The molecule has 0 aliphatic heterocycles. The Morgan fingerprint density at radius 1 is 0.815 bits per heavy atom. The molecule has 1 aliphatic rings. The van der Waals surface area contributed by atoms with Gasteiger partial charge in [0.15, 0.2) is 0 Å². The highest BCUT2D eigenvalue weighted by Crippen LogP contribution is 2.28. The van der Waals surface area contributed by atoms with Gasteiger partial charge in [-0.25, -0.2) is 0 Å². The molecule has 0 atom stereocenters. The van der Waals surface area contributed by atoms with Gasteiger partial charge in [-0.05, 0) is 56.2 Å². The lowest BCUT2D eigenvalue weighted by Gasteiger charge is -2.08. The second kappa shape index (κ2) is 8.49. The summed E-state index contributed by atoms with van der Waals surface area (Å²) >= 11 is 0. The molecule has 3 N–H and O–H groups in total. The van der Waals surface area contributed by atoms with Gasteiger partial charge < -0.3 is 16.0 Å². The zero-order valence-electron chi connectivity index (χ0n) is 15.2. The number of rotatable bonds is 7. The smallest absolute Gasteiger partial charge is 0.255 e. The fourth-order valence-electron chi connectivity index (χ4n) is 2.57. The van der Waals surface area contributed by atoms with Gasteiger partial charge in [0.2, 0.25) is 5.91 Å². The molecule has 6 heteroatoms. The zero-order valence-corrected chi connectivity index (χ0v) is 15.2. The average Bonchev–Trinajstić information content (AvgIpc) is 3.51. The highest BCUT2D eigenvalue weighted by Gasteiger charge is 2.28. The molecule has 140 valence electrons. The van der Waals surface area contributed by atoms with Crippen molar-refractivity contribution < 1.29 is 14.4 Å². The SMILES string of the molecule is Cc1ccc(C(=O)Nc2ccc(C(=O)NCCNC(=O)C3CC3)cc2)cc1. The standard InChI is InChI=1S/C21H23N3O3/c1-14-2-4-17(5-3-14)21(27)24-18-10-8-16(9-11-18)20(26)23-13-12-22-19(25)15-6-7-15/h2-5,8-11,15H,6-7,12-13H2,1H3,(H,22,25)(H,23,26)(H,24,27). The quantitative estimate of drug-likeness (QED) is 0.659. The minimum Gasteiger partial charge on any atom is -0.354 e. The van der Waals surface area contributed by atoms with Crippen LogP contribution in [0.4, 0.5) is 5.69 Å². The summed E-state index contributed by atoms with van der Waals surface area (Å²) in [6.07, 6.45) is 1.93. The lowest BCUT2D eigenvalue weighted by molar-refractivity contribution is -0.122. The predicted octanol–water partition coefficient (Wildman–Crippen LogP) is 2.50. The number of aryl methyl sites for hydroxylation is 1. The molecule has 6 nitrogen and oxygen atoms in total. The Morgan fingerprint density at radius 3 is 2.00 bits per heavy atom. The molecule has 0 bridgehead atoms. The van der Waals surface area contributed by atoms with Gasteiger partial charge in [-0.1, -0.05) is 17.7 Å². The van der Waals surface area contributed by atoms with E-state index in [-0.39, 0.29) is 23.6 Å². The van der Waals surface area contributed by atoms with E-state index >= 15 is 0 Å². The highest BCUT2D eigenvalue weighted by atomic mass is 16.2. The van der Waals surface area contributed by atoms with Crippen LogP contribution in [-0.2, 0) is 4.79 Å². The average molecular weight is 365 g/mol. The molecule has 0 saturated heterocycles. The Labute approximate surface area is 158 Å². The zero-order chi connectivity index (χ0) is 19.2. The first kappa shape index (κ1) is 18.6. The highest BCUT2D eigenvalue weighted by molar-refractivity contribution is 6.04. The van der Waals surface area contributed by atoms with E-state index < -0.39 is 0 Å². The molecule has 3 rings (SSSR count). The van der Waals surface area contributed by atoms with Crippen molar-refractivity contribution in [2.75, 3.05) is 18.4 Å². The Morgan fingerprint density at radius 2 is 1.37 bits per heavy atom. The maximum Gasteiger partial charge on any atom is 0.255 e. The van der Waals surface area contributed by atoms with Gasteiger partial charge in [-0.3, -0.25) is 14.4 Å². The summed E-state index contributed by atoms with van der Waals surface area (Å²) in [6.45, 7) is 2.77. The Balaban J connectivity index is 1.45. The third-order valence-electron chi connectivity index (χ3n) is 4.38. The van der Waals surface area contributed by atoms with Gasteiger partial charge in [-0.2, -0.15) is 0 Å². The van der Waals surface area contributed by atoms with Crippen molar-refractivity contribution in [3.8, 4) is 0 Å². The van der Waals surface area contributed by atoms with Crippen molar-refractivity contribution in [2.45, 2.75) is 19.8 Å². The molecule has 2 aromatic rings. The van der Waals surface area contributed by atoms with Gasteiger partial charge >= 0.3 is 0 Å². The van der Waals surface area contributed by atoms with Crippen LogP contribution in [-0.4, -0.2) is 30.8 Å². The van der Waals surface area contributed by atoms with Gasteiger partial charge in [-0.15, -0.1) is 0 Å². The molecule has 0 aromatic heterocycles. The number of anilines is 1. The van der Waals surface area contributed by atoms with E-state index in [1.165, 1.54) is 0 Å². The topological polar surface area (TPSA) is 87.3 Å². The third-order valence-corrected chi connectivity index (χ3v) is 4.38. The first-order valence-corrected chi connectivity index (χ1v) is 9.07. The predicted molar refractivity (Wildman–Crippen MR) is 104 cm³/mol. The molecule has 27 heavy (non-hydrogen) atoms. The molecular formula is C21H23N3O3. The van der Waals surface area contributed by atoms with Crippen LogP contribution in [0, 0.1) is 12.8 Å². The van der Waals surface area contributed by atoms with E-state index in [2.05, 4.69) is 16.0 Å². The molecule has 0 radical (unpaired) electrons. The van der Waals surface area contributed by atoms with Crippen molar-refractivity contribution in [3.63, 3.8) is 0 Å². The second-order valence-corrected chi connectivity index (χ2v) is 6.72. The lowest BCUT2D eigenvalue weighted by Crippen LogP contribution is -2.35. The molecule has 1 fully saturated rings. The molecule has 0 spiro atoms. The van der Waals surface area contributed by atoms with Crippen LogP contribution in [0.3, 0.4) is 0 Å². The molecule has 3 amide bonds. The van der Waals surface area contributed by atoms with Gasteiger partial charge in [0.25, 0.3) is 11.8 Å². The summed E-state index contributed by atoms with van der Waals surface area (Å²) in [5, 5.41) is 8.37. The molecule has 1 aliphatic carbocycles. The van der Waals surface area contributed by atoms with Gasteiger partial charge in [0.1, 0.15) is 0 Å². The summed E-state index contributed by atoms with van der Waals surface area (Å²) in [5.74, 6) is -0.174. The van der Waals surface area contributed by atoms with Crippen LogP contribution in [0.2, 0.25) is 0 Å². The van der Waals surface area contributed by atoms with E-state index in [0.29, 0.717) is 29.9 Å². The minimum absolute atomic E-state index is 0.0675. The molecule has 0 unspecified atom stereocenters. The summed E-state index contributed by atoms with van der Waals surface area (Å²) in [6, 6.07) is 14.0. The number of amides is 3. The van der Waals surface area contributed by atoms with Gasteiger partial charge in [0, 0.05) is 35.8 Å². The van der Waals surface area contributed by atoms with Crippen LogP contribution >= 0.6 is 0 Å². The van der Waals surface area contributed by atoms with Crippen molar-refractivity contribution >= 4 is 23.4 Å². The second-order valence-electron chi connectivity index (χ2n) is 6.72. The Hall–Kier alpha value is -3.15. The maximum atomic E-state index is 12.2. The maximum absolute atomic E-state index is 12.2. The van der Waals surface area contributed by atoms with Crippen LogP contribution in [0.25, 0.3) is 0 Å². The number of carbonyl (C=O) groups excluding carboxylic acids is 3.